The molecule has 2 aromatic heterocycles. The Balaban J connectivity index is 1.25. The first-order valence-corrected chi connectivity index (χ1v) is 12.9. The van der Waals surface area contributed by atoms with Crippen LogP contribution in [-0.4, -0.2) is 30.9 Å². The molecule has 3 aromatic carbocycles. The lowest BCUT2D eigenvalue weighted by Crippen LogP contribution is -2.31. The number of hydrogen-bond donors (Lipinski definition) is 3. The highest BCUT2D eigenvalue weighted by Crippen LogP contribution is 2.35. The van der Waals surface area contributed by atoms with Crippen molar-refractivity contribution in [2.75, 3.05) is 5.32 Å². The highest BCUT2D eigenvalue weighted by Gasteiger charge is 2.28. The van der Waals surface area contributed by atoms with Gasteiger partial charge in [-0.3, -0.25) is 14.7 Å². The van der Waals surface area contributed by atoms with Gasteiger partial charge in [-0.15, -0.1) is 0 Å². The standard InChI is InChI=1S/C31H29N5O2/c37-28-13-4-3-11-26(28)35-31(38)23-16-14-21(15-17-23)19-36(20-29-33-24-9-1-2-10-25(24)34-29)27-12-5-7-22-8-6-18-32-30(22)27/h1-4,6,8-11,13-18,27,37H,5,7,12,19-20H2,(H,33,34)(H,35,38). The quantitative estimate of drug-likeness (QED) is 0.237. The molecule has 2 heterocycles. The Morgan fingerprint density at radius 3 is 2.63 bits per heavy atom. The Hall–Kier alpha value is -4.49. The van der Waals surface area contributed by atoms with E-state index >= 15 is 0 Å². The molecule has 38 heavy (non-hydrogen) atoms. The van der Waals surface area contributed by atoms with Crippen LogP contribution in [0, 0.1) is 0 Å². The molecular weight excluding hydrogens is 474 g/mol. The third-order valence-corrected chi connectivity index (χ3v) is 7.15. The number of H-pyrrole nitrogens is 1. The van der Waals surface area contributed by atoms with Crippen molar-refractivity contribution >= 4 is 22.6 Å². The zero-order valence-corrected chi connectivity index (χ0v) is 21.0. The van der Waals surface area contributed by atoms with Crippen LogP contribution >= 0.6 is 0 Å². The molecule has 0 aliphatic heterocycles. The lowest BCUT2D eigenvalue weighted by Gasteiger charge is -2.34. The minimum absolute atomic E-state index is 0.0417. The summed E-state index contributed by atoms with van der Waals surface area (Å²) in [5.41, 5.74) is 6.48. The Bertz CT molecular complexity index is 1540. The lowest BCUT2D eigenvalue weighted by atomic mass is 9.90. The van der Waals surface area contributed by atoms with Crippen molar-refractivity contribution in [3.8, 4) is 5.75 Å². The molecule has 1 atom stereocenters. The van der Waals surface area contributed by atoms with E-state index in [4.69, 9.17) is 9.97 Å². The van der Waals surface area contributed by atoms with E-state index in [2.05, 4.69) is 21.3 Å². The van der Waals surface area contributed by atoms with Crippen molar-refractivity contribution in [1.29, 1.82) is 0 Å². The van der Waals surface area contributed by atoms with Gasteiger partial charge in [0.1, 0.15) is 11.6 Å². The molecule has 0 radical (unpaired) electrons. The first kappa shape index (κ1) is 23.9. The number of rotatable bonds is 7. The summed E-state index contributed by atoms with van der Waals surface area (Å²) < 4.78 is 0. The van der Waals surface area contributed by atoms with Crippen molar-refractivity contribution in [3.05, 3.63) is 119 Å². The number of aromatic nitrogens is 3. The van der Waals surface area contributed by atoms with Crippen molar-refractivity contribution < 1.29 is 9.90 Å². The molecular formula is C31H29N5O2. The number of para-hydroxylation sites is 4. The number of phenolic OH excluding ortho intramolecular Hbond substituents is 1. The largest absolute Gasteiger partial charge is 0.506 e. The summed E-state index contributed by atoms with van der Waals surface area (Å²) in [7, 11) is 0. The lowest BCUT2D eigenvalue weighted by molar-refractivity contribution is 0.102. The molecule has 0 spiro atoms. The molecule has 0 bridgehead atoms. The van der Waals surface area contributed by atoms with Crippen LogP contribution < -0.4 is 5.32 Å². The SMILES string of the molecule is O=C(Nc1ccccc1O)c1ccc(CN(Cc2nc3ccccc3[nH]2)C2CCCc3cccnc32)cc1. The van der Waals surface area contributed by atoms with Crippen LogP contribution in [0.5, 0.6) is 5.75 Å². The predicted octanol–water partition coefficient (Wildman–Crippen LogP) is 6.00. The molecule has 6 rings (SSSR count). The number of aromatic hydroxyl groups is 1. The van der Waals surface area contributed by atoms with E-state index in [1.807, 2.05) is 60.8 Å². The van der Waals surface area contributed by atoms with E-state index in [9.17, 15) is 9.90 Å². The van der Waals surface area contributed by atoms with Crippen molar-refractivity contribution in [3.63, 3.8) is 0 Å². The van der Waals surface area contributed by atoms with E-state index in [1.54, 1.807) is 24.3 Å². The maximum Gasteiger partial charge on any atom is 0.255 e. The summed E-state index contributed by atoms with van der Waals surface area (Å²) in [6.07, 6.45) is 5.09. The maximum absolute atomic E-state index is 12.8. The van der Waals surface area contributed by atoms with Gasteiger partial charge >= 0.3 is 0 Å². The summed E-state index contributed by atoms with van der Waals surface area (Å²) in [5, 5.41) is 12.8. The Labute approximate surface area is 221 Å². The van der Waals surface area contributed by atoms with Gasteiger partial charge in [-0.1, -0.05) is 42.5 Å². The van der Waals surface area contributed by atoms with E-state index < -0.39 is 0 Å². The highest BCUT2D eigenvalue weighted by molar-refractivity contribution is 6.05. The molecule has 7 heteroatoms. The Morgan fingerprint density at radius 1 is 0.974 bits per heavy atom. The molecule has 3 N–H and O–H groups in total. The molecule has 0 saturated heterocycles. The number of phenols is 1. The average molecular weight is 504 g/mol. The fourth-order valence-corrected chi connectivity index (χ4v) is 5.26. The zero-order valence-electron chi connectivity index (χ0n) is 21.0. The summed E-state index contributed by atoms with van der Waals surface area (Å²) >= 11 is 0. The minimum atomic E-state index is -0.261. The fraction of sp³-hybridized carbons (Fsp3) is 0.194. The van der Waals surface area contributed by atoms with Crippen molar-refractivity contribution in [1.82, 2.24) is 19.9 Å². The smallest absolute Gasteiger partial charge is 0.255 e. The summed E-state index contributed by atoms with van der Waals surface area (Å²) in [4.78, 5) is 28.3. The van der Waals surface area contributed by atoms with Gasteiger partial charge in [0.2, 0.25) is 0 Å². The number of carbonyl (C=O) groups excluding carboxylic acids is 1. The van der Waals surface area contributed by atoms with Crippen LogP contribution in [0.25, 0.3) is 11.0 Å². The van der Waals surface area contributed by atoms with Crippen LogP contribution in [0.3, 0.4) is 0 Å². The number of pyridine rings is 1. The monoisotopic (exact) mass is 503 g/mol. The number of nitrogens with one attached hydrogen (secondary N) is 2. The van der Waals surface area contributed by atoms with Crippen molar-refractivity contribution in [2.24, 2.45) is 0 Å². The van der Waals surface area contributed by atoms with E-state index in [0.717, 1.165) is 47.4 Å². The number of benzene rings is 3. The Kier molecular flexibility index (Phi) is 6.58. The number of imidazole rings is 1. The van der Waals surface area contributed by atoms with Gasteiger partial charge in [0, 0.05) is 18.3 Å². The van der Waals surface area contributed by atoms with E-state index in [0.29, 0.717) is 24.3 Å². The summed E-state index contributed by atoms with van der Waals surface area (Å²) in [6, 6.07) is 26.8. The molecule has 1 aliphatic carbocycles. The second-order valence-electron chi connectivity index (χ2n) is 9.73. The van der Waals surface area contributed by atoms with Crippen LogP contribution in [0.2, 0.25) is 0 Å². The van der Waals surface area contributed by atoms with Gasteiger partial charge < -0.3 is 15.4 Å². The van der Waals surface area contributed by atoms with Crippen LogP contribution in [0.1, 0.15) is 51.9 Å². The molecule has 5 aromatic rings. The number of amides is 1. The normalized spacial score (nSPS) is 14.9. The first-order valence-electron chi connectivity index (χ1n) is 12.9. The third kappa shape index (κ3) is 5.01. The van der Waals surface area contributed by atoms with E-state index in [1.165, 1.54) is 5.56 Å². The van der Waals surface area contributed by atoms with Crippen LogP contribution in [-0.2, 0) is 19.5 Å². The van der Waals surface area contributed by atoms with Gasteiger partial charge in [-0.05, 0) is 72.9 Å². The molecule has 7 nitrogen and oxygen atoms in total. The number of fused-ring (bicyclic) bond motifs is 2. The molecule has 0 saturated carbocycles. The molecule has 1 aliphatic rings. The minimum Gasteiger partial charge on any atom is -0.506 e. The fourth-order valence-electron chi connectivity index (χ4n) is 5.26. The number of carbonyl (C=O) groups is 1. The average Bonchev–Trinajstić information content (AvgIpc) is 3.36. The summed E-state index contributed by atoms with van der Waals surface area (Å²) in [5.74, 6) is 0.704. The van der Waals surface area contributed by atoms with E-state index in [-0.39, 0.29) is 17.7 Å². The third-order valence-electron chi connectivity index (χ3n) is 7.15. The highest BCUT2D eigenvalue weighted by atomic mass is 16.3. The molecule has 0 fully saturated rings. The second kappa shape index (κ2) is 10.5. The summed E-state index contributed by atoms with van der Waals surface area (Å²) in [6.45, 7) is 1.35. The maximum atomic E-state index is 12.8. The predicted molar refractivity (Wildman–Crippen MR) is 148 cm³/mol. The van der Waals surface area contributed by atoms with Gasteiger partial charge in [-0.2, -0.15) is 0 Å². The first-order chi connectivity index (χ1) is 18.6. The second-order valence-corrected chi connectivity index (χ2v) is 9.73. The number of hydrogen-bond acceptors (Lipinski definition) is 5. The number of aryl methyl sites for hydroxylation is 1. The van der Waals surface area contributed by atoms with Gasteiger partial charge in [-0.25, -0.2) is 4.98 Å². The topological polar surface area (TPSA) is 94.1 Å². The van der Waals surface area contributed by atoms with Gasteiger partial charge in [0.15, 0.2) is 0 Å². The molecule has 1 unspecified atom stereocenters. The zero-order chi connectivity index (χ0) is 25.9. The Morgan fingerprint density at radius 2 is 1.79 bits per heavy atom. The number of aromatic amines is 1. The molecule has 190 valence electrons. The van der Waals surface area contributed by atoms with Gasteiger partial charge in [0.25, 0.3) is 5.91 Å². The van der Waals surface area contributed by atoms with Crippen LogP contribution in [0.4, 0.5) is 5.69 Å². The van der Waals surface area contributed by atoms with Gasteiger partial charge in [0.05, 0.1) is 35.0 Å². The number of nitrogens with zero attached hydrogens (tertiary/aromatic N) is 3. The number of anilines is 1. The van der Waals surface area contributed by atoms with Crippen molar-refractivity contribution in [2.45, 2.75) is 38.4 Å². The van der Waals surface area contributed by atoms with Crippen LogP contribution in [0.15, 0.2) is 91.1 Å². The molecule has 1 amide bonds.